The first kappa shape index (κ1) is 22.5. The van der Waals surface area contributed by atoms with E-state index in [-0.39, 0.29) is 0 Å². The van der Waals surface area contributed by atoms with Crippen LogP contribution >= 0.6 is 0 Å². The van der Waals surface area contributed by atoms with Crippen molar-refractivity contribution in [2.45, 2.75) is 96.8 Å². The Morgan fingerprint density at radius 3 is 1.75 bits per heavy atom. The van der Waals surface area contributed by atoms with E-state index in [9.17, 15) is 4.79 Å². The number of carboxylic acids is 1. The summed E-state index contributed by atoms with van der Waals surface area (Å²) in [6, 6.07) is 11.8. The van der Waals surface area contributed by atoms with Crippen molar-refractivity contribution in [1.82, 2.24) is 0 Å². The van der Waals surface area contributed by atoms with Crippen molar-refractivity contribution in [3.8, 4) is 0 Å². The monoisotopic (exact) mass is 382 g/mol. The molecule has 0 aliphatic heterocycles. The number of hydrogen-bond acceptors (Lipinski definition) is 1. The Morgan fingerprint density at radius 1 is 0.679 bits per heavy atom. The van der Waals surface area contributed by atoms with E-state index in [1.165, 1.54) is 89.0 Å². The summed E-state index contributed by atoms with van der Waals surface area (Å²) in [5.41, 5.74) is 1.72. The van der Waals surface area contributed by atoms with Crippen molar-refractivity contribution in [3.05, 3.63) is 47.5 Å². The molecule has 28 heavy (non-hydrogen) atoms. The first-order valence-corrected chi connectivity index (χ1v) is 11.5. The number of fused-ring (bicyclic) bond motifs is 1. The lowest BCUT2D eigenvalue weighted by Gasteiger charge is -2.06. The number of aryl methyl sites for hydroxylation is 1. The third kappa shape index (κ3) is 8.46. The van der Waals surface area contributed by atoms with Gasteiger partial charge in [0.1, 0.15) is 0 Å². The average molecular weight is 383 g/mol. The van der Waals surface area contributed by atoms with Gasteiger partial charge in [-0.3, -0.25) is 0 Å². The molecule has 2 heteroatoms. The number of benzene rings is 2. The van der Waals surface area contributed by atoms with Crippen molar-refractivity contribution in [2.24, 2.45) is 0 Å². The van der Waals surface area contributed by atoms with Gasteiger partial charge >= 0.3 is 5.97 Å². The molecule has 0 amide bonds. The van der Waals surface area contributed by atoms with Crippen LogP contribution in [0, 0.1) is 0 Å². The highest BCUT2D eigenvalue weighted by Crippen LogP contribution is 2.20. The van der Waals surface area contributed by atoms with Crippen molar-refractivity contribution in [2.75, 3.05) is 0 Å². The van der Waals surface area contributed by atoms with E-state index < -0.39 is 5.97 Å². The zero-order chi connectivity index (χ0) is 20.0. The van der Waals surface area contributed by atoms with Gasteiger partial charge in [0.15, 0.2) is 0 Å². The Hall–Kier alpha value is -1.83. The largest absolute Gasteiger partial charge is 0.478 e. The van der Waals surface area contributed by atoms with E-state index in [4.69, 9.17) is 5.11 Å². The maximum atomic E-state index is 11.1. The molecule has 2 aromatic carbocycles. The minimum Gasteiger partial charge on any atom is -0.478 e. The maximum absolute atomic E-state index is 11.1. The van der Waals surface area contributed by atoms with Gasteiger partial charge in [-0.05, 0) is 41.3 Å². The van der Waals surface area contributed by atoms with Crippen molar-refractivity contribution < 1.29 is 9.90 Å². The van der Waals surface area contributed by atoms with Crippen LogP contribution in [0.1, 0.15) is 106 Å². The Bertz CT molecular complexity index is 705. The molecule has 0 aliphatic carbocycles. The van der Waals surface area contributed by atoms with Gasteiger partial charge in [-0.2, -0.15) is 0 Å². The summed E-state index contributed by atoms with van der Waals surface area (Å²) in [4.78, 5) is 11.1. The van der Waals surface area contributed by atoms with Gasteiger partial charge in [-0.15, -0.1) is 0 Å². The molecule has 0 spiro atoms. The van der Waals surface area contributed by atoms with Crippen molar-refractivity contribution >= 4 is 16.7 Å². The zero-order valence-corrected chi connectivity index (χ0v) is 17.7. The van der Waals surface area contributed by atoms with Crippen LogP contribution in [-0.2, 0) is 6.42 Å². The summed E-state index contributed by atoms with van der Waals surface area (Å²) in [6.45, 7) is 2.28. The molecule has 0 aromatic heterocycles. The van der Waals surface area contributed by atoms with Crippen LogP contribution in [0.2, 0.25) is 0 Å². The van der Waals surface area contributed by atoms with Crippen molar-refractivity contribution in [1.29, 1.82) is 0 Å². The van der Waals surface area contributed by atoms with E-state index in [1.807, 2.05) is 6.07 Å². The first-order chi connectivity index (χ1) is 13.7. The maximum Gasteiger partial charge on any atom is 0.335 e. The second-order valence-electron chi connectivity index (χ2n) is 8.19. The second-order valence-corrected chi connectivity index (χ2v) is 8.19. The number of rotatable bonds is 15. The smallest absolute Gasteiger partial charge is 0.335 e. The van der Waals surface area contributed by atoms with E-state index in [0.717, 1.165) is 17.2 Å². The molecule has 154 valence electrons. The second kappa shape index (κ2) is 13.4. The Balaban J connectivity index is 1.53. The van der Waals surface area contributed by atoms with Gasteiger partial charge in [0.25, 0.3) is 0 Å². The molecule has 0 saturated carbocycles. The molecule has 0 bridgehead atoms. The lowest BCUT2D eigenvalue weighted by Crippen LogP contribution is -1.95. The third-order valence-electron chi connectivity index (χ3n) is 5.72. The number of hydrogen-bond donors (Lipinski definition) is 1. The van der Waals surface area contributed by atoms with Gasteiger partial charge in [-0.1, -0.05) is 108 Å². The summed E-state index contributed by atoms with van der Waals surface area (Å²) in [7, 11) is 0. The molecule has 2 nitrogen and oxygen atoms in total. The highest BCUT2D eigenvalue weighted by Gasteiger charge is 2.04. The predicted molar refractivity (Wildman–Crippen MR) is 120 cm³/mol. The molecular weight excluding hydrogens is 344 g/mol. The number of carbonyl (C=O) groups is 1. The molecule has 2 rings (SSSR count). The van der Waals surface area contributed by atoms with Crippen LogP contribution in [0.4, 0.5) is 0 Å². The third-order valence-corrected chi connectivity index (χ3v) is 5.72. The lowest BCUT2D eigenvalue weighted by atomic mass is 10.00. The summed E-state index contributed by atoms with van der Waals surface area (Å²) < 4.78 is 0. The number of unbranched alkanes of at least 4 members (excludes halogenated alkanes) is 12. The van der Waals surface area contributed by atoms with Gasteiger partial charge in [0.2, 0.25) is 0 Å². The number of aromatic carboxylic acids is 1. The van der Waals surface area contributed by atoms with E-state index in [0.29, 0.717) is 5.56 Å². The molecule has 0 radical (unpaired) electrons. The Kier molecular flexibility index (Phi) is 10.7. The molecule has 0 unspecified atom stereocenters. The van der Waals surface area contributed by atoms with Crippen LogP contribution in [-0.4, -0.2) is 11.1 Å². The fraction of sp³-hybridized carbons (Fsp3) is 0.577. The SMILES string of the molecule is CCCCCCCCCCCCCCCc1ccc2cc(C(=O)O)ccc2c1. The topological polar surface area (TPSA) is 37.3 Å². The highest BCUT2D eigenvalue weighted by atomic mass is 16.4. The summed E-state index contributed by atoms with van der Waals surface area (Å²) in [6.07, 6.45) is 19.1. The molecule has 0 saturated heterocycles. The quantitative estimate of drug-likeness (QED) is 0.315. The average Bonchev–Trinajstić information content (AvgIpc) is 2.71. The fourth-order valence-electron chi connectivity index (χ4n) is 3.93. The van der Waals surface area contributed by atoms with Crippen LogP contribution in [0.15, 0.2) is 36.4 Å². The normalized spacial score (nSPS) is 11.2. The molecular formula is C26H38O2. The van der Waals surface area contributed by atoms with E-state index in [1.54, 1.807) is 12.1 Å². The van der Waals surface area contributed by atoms with Gasteiger partial charge in [-0.25, -0.2) is 4.79 Å². The van der Waals surface area contributed by atoms with Crippen LogP contribution in [0.25, 0.3) is 10.8 Å². The highest BCUT2D eigenvalue weighted by molar-refractivity contribution is 5.94. The molecule has 0 fully saturated rings. The molecule has 0 aliphatic rings. The van der Waals surface area contributed by atoms with Gasteiger partial charge in [0, 0.05) is 0 Å². The lowest BCUT2D eigenvalue weighted by molar-refractivity contribution is 0.0697. The first-order valence-electron chi connectivity index (χ1n) is 11.5. The van der Waals surface area contributed by atoms with Gasteiger partial charge in [0.05, 0.1) is 5.56 Å². The Labute approximate surface area is 171 Å². The van der Waals surface area contributed by atoms with E-state index >= 15 is 0 Å². The minimum absolute atomic E-state index is 0.358. The predicted octanol–water partition coefficient (Wildman–Crippen LogP) is 8.17. The van der Waals surface area contributed by atoms with Gasteiger partial charge < -0.3 is 5.11 Å². The minimum atomic E-state index is -0.863. The van der Waals surface area contributed by atoms with Crippen LogP contribution < -0.4 is 0 Å². The molecule has 2 aromatic rings. The molecule has 0 atom stereocenters. The summed E-state index contributed by atoms with van der Waals surface area (Å²) in [5, 5.41) is 11.2. The Morgan fingerprint density at radius 2 is 1.18 bits per heavy atom. The van der Waals surface area contributed by atoms with Crippen molar-refractivity contribution in [3.63, 3.8) is 0 Å². The summed E-state index contributed by atoms with van der Waals surface area (Å²) >= 11 is 0. The standard InChI is InChI=1S/C26H38O2/c1-2-3-4-5-6-7-8-9-10-11-12-13-14-15-22-16-17-24-21-25(26(27)28)19-18-23(24)20-22/h16-21H,2-15H2,1H3,(H,27,28). The molecule has 0 heterocycles. The van der Waals surface area contributed by atoms with Crippen LogP contribution in [0.3, 0.4) is 0 Å². The van der Waals surface area contributed by atoms with E-state index in [2.05, 4.69) is 25.1 Å². The van der Waals surface area contributed by atoms with Crippen LogP contribution in [0.5, 0.6) is 0 Å². The zero-order valence-electron chi connectivity index (χ0n) is 17.7. The number of carboxylic acid groups (broad SMARTS) is 1. The molecule has 1 N–H and O–H groups in total. The fourth-order valence-corrected chi connectivity index (χ4v) is 3.93. The summed E-state index contributed by atoms with van der Waals surface area (Å²) in [5.74, 6) is -0.863.